The van der Waals surface area contributed by atoms with E-state index in [2.05, 4.69) is 15.0 Å². The highest BCUT2D eigenvalue weighted by molar-refractivity contribution is 7.89. The molecule has 1 aliphatic heterocycles. The molecule has 1 atom stereocenters. The Labute approximate surface area is 117 Å². The molecule has 0 saturated carbocycles. The molecule has 106 valence electrons. The number of halogens is 1. The number of pyridine rings is 1. The largest absolute Gasteiger partial charge is 0.383 e. The van der Waals surface area contributed by atoms with Crippen LogP contribution in [0.1, 0.15) is 12.8 Å². The topological polar surface area (TPSA) is 97.1 Å². The minimum absolute atomic E-state index is 0.0429. The minimum Gasteiger partial charge on any atom is -0.383 e. The molecule has 19 heavy (non-hydrogen) atoms. The molecule has 1 aliphatic rings. The van der Waals surface area contributed by atoms with Gasteiger partial charge < -0.3 is 11.1 Å². The van der Waals surface area contributed by atoms with Gasteiger partial charge in [0.05, 0.1) is 5.02 Å². The third-order valence-electron chi connectivity index (χ3n) is 3.10. The second kappa shape index (κ2) is 6.04. The van der Waals surface area contributed by atoms with Crippen LogP contribution in [0, 0.1) is 5.92 Å². The van der Waals surface area contributed by atoms with Crippen molar-refractivity contribution in [2.75, 3.05) is 25.4 Å². The van der Waals surface area contributed by atoms with Crippen LogP contribution in [0.15, 0.2) is 17.2 Å². The van der Waals surface area contributed by atoms with Gasteiger partial charge in [0, 0.05) is 12.7 Å². The summed E-state index contributed by atoms with van der Waals surface area (Å²) in [6.45, 7) is 2.21. The highest BCUT2D eigenvalue weighted by Crippen LogP contribution is 2.20. The lowest BCUT2D eigenvalue weighted by molar-refractivity contribution is 0.376. The fraction of sp³-hybridized carbons (Fsp3) is 0.545. The molecule has 0 aliphatic carbocycles. The number of hydrogen-bond acceptors (Lipinski definition) is 5. The van der Waals surface area contributed by atoms with Crippen molar-refractivity contribution in [2.45, 2.75) is 17.7 Å². The van der Waals surface area contributed by atoms with Gasteiger partial charge in [0.2, 0.25) is 10.0 Å². The van der Waals surface area contributed by atoms with E-state index in [4.69, 9.17) is 17.3 Å². The van der Waals surface area contributed by atoms with E-state index in [0.717, 1.165) is 25.9 Å². The molecule has 1 aromatic heterocycles. The first-order chi connectivity index (χ1) is 8.99. The summed E-state index contributed by atoms with van der Waals surface area (Å²) in [4.78, 5) is 3.69. The van der Waals surface area contributed by atoms with Crippen LogP contribution >= 0.6 is 11.6 Å². The summed E-state index contributed by atoms with van der Waals surface area (Å²) in [5, 5.41) is 3.48. The molecule has 1 aromatic rings. The summed E-state index contributed by atoms with van der Waals surface area (Å²) in [5.74, 6) is 0.260. The Morgan fingerprint density at radius 1 is 1.58 bits per heavy atom. The summed E-state index contributed by atoms with van der Waals surface area (Å²) in [6.07, 6.45) is 3.40. The van der Waals surface area contributed by atoms with Gasteiger partial charge in [0.1, 0.15) is 10.7 Å². The normalized spacial score (nSPS) is 20.4. The van der Waals surface area contributed by atoms with Crippen molar-refractivity contribution in [3.05, 3.63) is 17.3 Å². The molecule has 1 saturated heterocycles. The Morgan fingerprint density at radius 2 is 2.37 bits per heavy atom. The van der Waals surface area contributed by atoms with E-state index < -0.39 is 10.0 Å². The van der Waals surface area contributed by atoms with Crippen molar-refractivity contribution in [2.24, 2.45) is 5.92 Å². The number of piperidine rings is 1. The number of nitrogens with zero attached hydrogens (tertiary/aromatic N) is 1. The van der Waals surface area contributed by atoms with Crippen LogP contribution in [-0.4, -0.2) is 33.0 Å². The maximum atomic E-state index is 12.1. The predicted molar refractivity (Wildman–Crippen MR) is 74.4 cm³/mol. The molecule has 0 spiro atoms. The average Bonchev–Trinajstić information content (AvgIpc) is 2.40. The highest BCUT2D eigenvalue weighted by Gasteiger charge is 2.21. The number of nitrogens with two attached hydrogens (primary N) is 1. The molecule has 8 heteroatoms. The first-order valence-electron chi connectivity index (χ1n) is 6.10. The molecule has 1 unspecified atom stereocenters. The minimum atomic E-state index is -3.66. The SMILES string of the molecule is Nc1ncc(Cl)cc1S(=O)(=O)NCC1CCCNC1. The maximum Gasteiger partial charge on any atom is 0.244 e. The van der Waals surface area contributed by atoms with Crippen LogP contribution in [-0.2, 0) is 10.0 Å². The van der Waals surface area contributed by atoms with Crippen LogP contribution in [0.25, 0.3) is 0 Å². The summed E-state index contributed by atoms with van der Waals surface area (Å²) >= 11 is 5.75. The van der Waals surface area contributed by atoms with Crippen LogP contribution in [0.2, 0.25) is 5.02 Å². The zero-order chi connectivity index (χ0) is 13.9. The van der Waals surface area contributed by atoms with Gasteiger partial charge in [-0.2, -0.15) is 0 Å². The number of nitrogens with one attached hydrogen (secondary N) is 2. The molecule has 0 aromatic carbocycles. The third kappa shape index (κ3) is 3.79. The van der Waals surface area contributed by atoms with E-state index in [0.29, 0.717) is 12.5 Å². The summed E-state index contributed by atoms with van der Waals surface area (Å²) in [7, 11) is -3.66. The standard InChI is InChI=1S/C11H17ClN4O2S/c12-9-4-10(11(13)15-7-9)19(17,18)16-6-8-2-1-3-14-5-8/h4,7-8,14,16H,1-3,5-6H2,(H2,13,15). The quantitative estimate of drug-likeness (QED) is 0.756. The van der Waals surface area contributed by atoms with Crippen molar-refractivity contribution in [1.29, 1.82) is 0 Å². The summed E-state index contributed by atoms with van der Waals surface area (Å²) < 4.78 is 26.8. The molecule has 1 fully saturated rings. The van der Waals surface area contributed by atoms with E-state index in [-0.39, 0.29) is 15.7 Å². The van der Waals surface area contributed by atoms with Gasteiger partial charge >= 0.3 is 0 Å². The number of hydrogen-bond donors (Lipinski definition) is 3. The lowest BCUT2D eigenvalue weighted by atomic mass is 10.0. The van der Waals surface area contributed by atoms with E-state index in [1.165, 1.54) is 12.3 Å². The monoisotopic (exact) mass is 304 g/mol. The van der Waals surface area contributed by atoms with E-state index >= 15 is 0 Å². The van der Waals surface area contributed by atoms with Crippen LogP contribution in [0.3, 0.4) is 0 Å². The average molecular weight is 305 g/mol. The Balaban J connectivity index is 2.07. The lowest BCUT2D eigenvalue weighted by Gasteiger charge is -2.22. The first-order valence-corrected chi connectivity index (χ1v) is 7.96. The van der Waals surface area contributed by atoms with Gasteiger partial charge in [-0.05, 0) is 37.9 Å². The van der Waals surface area contributed by atoms with Crippen LogP contribution in [0.4, 0.5) is 5.82 Å². The van der Waals surface area contributed by atoms with Crippen LogP contribution in [0.5, 0.6) is 0 Å². The number of anilines is 1. The van der Waals surface area contributed by atoms with Gasteiger partial charge in [0.15, 0.2) is 0 Å². The van der Waals surface area contributed by atoms with Gasteiger partial charge in [-0.15, -0.1) is 0 Å². The van der Waals surface area contributed by atoms with Crippen molar-refractivity contribution >= 4 is 27.4 Å². The second-order valence-corrected chi connectivity index (χ2v) is 6.77. The molecule has 4 N–H and O–H groups in total. The third-order valence-corrected chi connectivity index (χ3v) is 4.76. The first kappa shape index (κ1) is 14.5. The molecule has 2 heterocycles. The van der Waals surface area contributed by atoms with Crippen LogP contribution < -0.4 is 15.8 Å². The lowest BCUT2D eigenvalue weighted by Crippen LogP contribution is -2.38. The van der Waals surface area contributed by atoms with Crippen molar-refractivity contribution in [1.82, 2.24) is 15.0 Å². The fourth-order valence-electron chi connectivity index (χ4n) is 2.05. The summed E-state index contributed by atoms with van der Waals surface area (Å²) in [5.41, 5.74) is 5.58. The number of rotatable bonds is 4. The molecular weight excluding hydrogens is 288 g/mol. The molecule has 0 amide bonds. The molecule has 6 nitrogen and oxygen atoms in total. The number of nitrogen functional groups attached to an aromatic ring is 1. The molecule has 2 rings (SSSR count). The smallest absolute Gasteiger partial charge is 0.244 e. The predicted octanol–water partition coefficient (Wildman–Crippen LogP) is 0.595. The van der Waals surface area contributed by atoms with E-state index in [1.807, 2.05) is 0 Å². The van der Waals surface area contributed by atoms with Crippen molar-refractivity contribution < 1.29 is 8.42 Å². The second-order valence-electron chi connectivity index (χ2n) is 4.60. The van der Waals surface area contributed by atoms with Crippen molar-refractivity contribution in [3.63, 3.8) is 0 Å². The van der Waals surface area contributed by atoms with Gasteiger partial charge in [0.25, 0.3) is 0 Å². The summed E-state index contributed by atoms with van der Waals surface area (Å²) in [6, 6.07) is 1.31. The molecule has 0 bridgehead atoms. The Hall–Kier alpha value is -0.890. The van der Waals surface area contributed by atoms with E-state index in [1.54, 1.807) is 0 Å². The van der Waals surface area contributed by atoms with E-state index in [9.17, 15) is 8.42 Å². The fourth-order valence-corrected chi connectivity index (χ4v) is 3.49. The van der Waals surface area contributed by atoms with Gasteiger partial charge in [-0.3, -0.25) is 0 Å². The Bertz CT molecular complexity index is 544. The molecular formula is C11H17ClN4O2S. The van der Waals surface area contributed by atoms with Crippen molar-refractivity contribution in [3.8, 4) is 0 Å². The van der Waals surface area contributed by atoms with Gasteiger partial charge in [-0.25, -0.2) is 18.1 Å². The Kier molecular flexibility index (Phi) is 4.62. The van der Waals surface area contributed by atoms with Gasteiger partial charge in [-0.1, -0.05) is 11.6 Å². The highest BCUT2D eigenvalue weighted by atomic mass is 35.5. The maximum absolute atomic E-state index is 12.1. The zero-order valence-corrected chi connectivity index (χ0v) is 12.0. The molecule has 0 radical (unpaired) electrons. The number of aromatic nitrogens is 1. The number of sulfonamides is 1. The zero-order valence-electron chi connectivity index (χ0n) is 10.4. The Morgan fingerprint density at radius 3 is 3.05 bits per heavy atom.